The van der Waals surface area contributed by atoms with E-state index in [1.54, 1.807) is 37.4 Å². The predicted molar refractivity (Wildman–Crippen MR) is 103 cm³/mol. The van der Waals surface area contributed by atoms with Crippen LogP contribution in [-0.4, -0.2) is 41.8 Å². The van der Waals surface area contributed by atoms with Gasteiger partial charge in [-0.25, -0.2) is 9.59 Å². The maximum absolute atomic E-state index is 12.4. The number of nitrogens with zero attached hydrogens (tertiary/aromatic N) is 2. The molecule has 2 aromatic heterocycles. The second kappa shape index (κ2) is 8.95. The number of aromatic nitrogens is 2. The van der Waals surface area contributed by atoms with E-state index in [9.17, 15) is 14.4 Å². The van der Waals surface area contributed by atoms with Crippen LogP contribution in [0.15, 0.2) is 47.0 Å². The minimum Gasteiger partial charge on any atom is -0.486 e. The fraction of sp³-hybridized carbons (Fsp3) is 0.200. The molecule has 1 N–H and O–H groups in total. The Balaban J connectivity index is 1.61. The van der Waals surface area contributed by atoms with Crippen molar-refractivity contribution < 1.29 is 33.0 Å². The second-order valence-corrected chi connectivity index (χ2v) is 6.08. The van der Waals surface area contributed by atoms with Crippen molar-refractivity contribution in [1.29, 1.82) is 0 Å². The molecule has 0 unspecified atom stereocenters. The Morgan fingerprint density at radius 3 is 2.40 bits per heavy atom. The maximum atomic E-state index is 12.4. The summed E-state index contributed by atoms with van der Waals surface area (Å²) in [7, 11) is 4.15. The number of hydrogen-bond donors (Lipinski definition) is 1. The SMILES string of the molecule is COC(=O)c1ccc(OCc2ccc(C(=O)Nc3cn(C)nc3C(=O)OC)o2)cc1. The molecule has 3 aromatic rings. The fourth-order valence-corrected chi connectivity index (χ4v) is 2.55. The van der Waals surface area contributed by atoms with E-state index in [1.165, 1.54) is 31.2 Å². The number of aryl methyl sites for hydroxylation is 1. The zero-order valence-corrected chi connectivity index (χ0v) is 16.5. The van der Waals surface area contributed by atoms with Gasteiger partial charge >= 0.3 is 11.9 Å². The fourth-order valence-electron chi connectivity index (χ4n) is 2.55. The molecule has 0 atom stereocenters. The van der Waals surface area contributed by atoms with Gasteiger partial charge in [0, 0.05) is 13.2 Å². The van der Waals surface area contributed by atoms with Crippen molar-refractivity contribution in [1.82, 2.24) is 9.78 Å². The molecule has 0 aliphatic heterocycles. The van der Waals surface area contributed by atoms with Crippen LogP contribution in [-0.2, 0) is 23.1 Å². The highest BCUT2D eigenvalue weighted by Gasteiger charge is 2.20. The average Bonchev–Trinajstić information content (AvgIpc) is 3.38. The third-order valence-electron chi connectivity index (χ3n) is 4.00. The number of carbonyl (C=O) groups is 3. The van der Waals surface area contributed by atoms with E-state index in [4.69, 9.17) is 9.15 Å². The molecule has 156 valence electrons. The first-order valence-corrected chi connectivity index (χ1v) is 8.74. The summed E-state index contributed by atoms with van der Waals surface area (Å²) in [5, 5.41) is 6.54. The normalized spacial score (nSPS) is 10.4. The van der Waals surface area contributed by atoms with E-state index in [1.807, 2.05) is 0 Å². The molecule has 0 bridgehead atoms. The highest BCUT2D eigenvalue weighted by atomic mass is 16.5. The largest absolute Gasteiger partial charge is 0.486 e. The lowest BCUT2D eigenvalue weighted by molar-refractivity contribution is 0.0588. The molecule has 0 saturated carbocycles. The lowest BCUT2D eigenvalue weighted by Crippen LogP contribution is -2.14. The van der Waals surface area contributed by atoms with Gasteiger partial charge in [0.15, 0.2) is 11.5 Å². The molecule has 3 rings (SSSR count). The zero-order valence-electron chi connectivity index (χ0n) is 16.5. The molecule has 0 saturated heterocycles. The number of benzene rings is 1. The van der Waals surface area contributed by atoms with Crippen molar-refractivity contribution in [2.24, 2.45) is 7.05 Å². The van der Waals surface area contributed by atoms with Crippen LogP contribution in [0.3, 0.4) is 0 Å². The number of rotatable bonds is 7. The van der Waals surface area contributed by atoms with E-state index in [-0.39, 0.29) is 23.7 Å². The number of hydrogen-bond acceptors (Lipinski definition) is 8. The zero-order chi connectivity index (χ0) is 21.7. The van der Waals surface area contributed by atoms with Crippen LogP contribution in [0.5, 0.6) is 5.75 Å². The number of carbonyl (C=O) groups excluding carboxylic acids is 3. The van der Waals surface area contributed by atoms with Crippen molar-refractivity contribution in [2.45, 2.75) is 6.61 Å². The summed E-state index contributed by atoms with van der Waals surface area (Å²) in [4.78, 5) is 35.6. The Morgan fingerprint density at radius 2 is 1.73 bits per heavy atom. The van der Waals surface area contributed by atoms with E-state index in [2.05, 4.69) is 19.9 Å². The Hall–Kier alpha value is -4.08. The first kappa shape index (κ1) is 20.6. The molecular formula is C20H19N3O7. The van der Waals surface area contributed by atoms with Gasteiger partial charge < -0.3 is 23.9 Å². The third-order valence-corrected chi connectivity index (χ3v) is 4.00. The number of methoxy groups -OCH3 is 2. The summed E-state index contributed by atoms with van der Waals surface area (Å²) in [5.74, 6) is -0.694. The molecular weight excluding hydrogens is 394 g/mol. The number of nitrogens with one attached hydrogen (secondary N) is 1. The van der Waals surface area contributed by atoms with Crippen molar-refractivity contribution in [3.8, 4) is 5.75 Å². The van der Waals surface area contributed by atoms with Crippen LogP contribution in [0.2, 0.25) is 0 Å². The predicted octanol–water partition coefficient (Wildman–Crippen LogP) is 2.42. The minimum absolute atomic E-state index is 0.0149. The van der Waals surface area contributed by atoms with Gasteiger partial charge in [-0.05, 0) is 36.4 Å². The van der Waals surface area contributed by atoms with E-state index >= 15 is 0 Å². The monoisotopic (exact) mass is 413 g/mol. The molecule has 2 heterocycles. The van der Waals surface area contributed by atoms with E-state index in [0.717, 1.165) is 0 Å². The molecule has 10 nitrogen and oxygen atoms in total. The number of esters is 2. The van der Waals surface area contributed by atoms with Crippen molar-refractivity contribution in [2.75, 3.05) is 19.5 Å². The van der Waals surface area contributed by atoms with Crippen LogP contribution in [0.25, 0.3) is 0 Å². The number of ether oxygens (including phenoxy) is 3. The Labute approximate surface area is 171 Å². The molecule has 0 fully saturated rings. The van der Waals surface area contributed by atoms with Crippen molar-refractivity contribution in [3.63, 3.8) is 0 Å². The number of furan rings is 1. The Kier molecular flexibility index (Phi) is 6.16. The lowest BCUT2D eigenvalue weighted by atomic mass is 10.2. The summed E-state index contributed by atoms with van der Waals surface area (Å²) in [6.07, 6.45) is 1.48. The molecule has 10 heteroatoms. The molecule has 1 aromatic carbocycles. The second-order valence-electron chi connectivity index (χ2n) is 6.08. The quantitative estimate of drug-likeness (QED) is 0.586. The molecule has 0 aliphatic rings. The summed E-state index contributed by atoms with van der Waals surface area (Å²) < 4.78 is 21.8. The van der Waals surface area contributed by atoms with E-state index in [0.29, 0.717) is 17.1 Å². The van der Waals surface area contributed by atoms with Gasteiger partial charge in [-0.1, -0.05) is 0 Å². The van der Waals surface area contributed by atoms with Gasteiger partial charge in [-0.2, -0.15) is 5.10 Å². The maximum Gasteiger partial charge on any atom is 0.360 e. The highest BCUT2D eigenvalue weighted by Crippen LogP contribution is 2.19. The van der Waals surface area contributed by atoms with Crippen LogP contribution in [0, 0.1) is 0 Å². The first-order valence-electron chi connectivity index (χ1n) is 8.74. The highest BCUT2D eigenvalue weighted by molar-refractivity contribution is 6.05. The summed E-state index contributed by atoms with van der Waals surface area (Å²) in [6, 6.07) is 9.49. The number of anilines is 1. The molecule has 0 radical (unpaired) electrons. The summed E-state index contributed by atoms with van der Waals surface area (Å²) in [6.45, 7) is 0.0746. The van der Waals surface area contributed by atoms with Crippen molar-refractivity contribution in [3.05, 3.63) is 65.4 Å². The summed E-state index contributed by atoms with van der Waals surface area (Å²) in [5.41, 5.74) is 0.594. The third kappa shape index (κ3) is 4.66. The molecule has 30 heavy (non-hydrogen) atoms. The van der Waals surface area contributed by atoms with Crippen LogP contribution in [0.1, 0.15) is 37.2 Å². The van der Waals surface area contributed by atoms with Gasteiger partial charge in [-0.15, -0.1) is 0 Å². The minimum atomic E-state index is -0.669. The summed E-state index contributed by atoms with van der Waals surface area (Å²) >= 11 is 0. The standard InChI is InChI=1S/C20H19N3O7/c1-23-10-15(17(22-23)20(26)28-3)21-18(24)16-9-8-14(30-16)11-29-13-6-4-12(5-7-13)19(25)27-2/h4-10H,11H2,1-3H3,(H,21,24). The van der Waals surface area contributed by atoms with Gasteiger partial charge in [0.25, 0.3) is 5.91 Å². The first-order chi connectivity index (χ1) is 14.4. The van der Waals surface area contributed by atoms with Crippen LogP contribution >= 0.6 is 0 Å². The average molecular weight is 413 g/mol. The lowest BCUT2D eigenvalue weighted by Gasteiger charge is -2.05. The molecule has 1 amide bonds. The van der Waals surface area contributed by atoms with Gasteiger partial charge in [0.1, 0.15) is 18.1 Å². The molecule has 0 spiro atoms. The van der Waals surface area contributed by atoms with Gasteiger partial charge in [0.2, 0.25) is 0 Å². The Morgan fingerprint density at radius 1 is 1.03 bits per heavy atom. The van der Waals surface area contributed by atoms with Gasteiger partial charge in [0.05, 0.1) is 25.5 Å². The smallest absolute Gasteiger partial charge is 0.360 e. The van der Waals surface area contributed by atoms with Crippen molar-refractivity contribution >= 4 is 23.5 Å². The van der Waals surface area contributed by atoms with Gasteiger partial charge in [-0.3, -0.25) is 9.48 Å². The van der Waals surface area contributed by atoms with E-state index < -0.39 is 17.8 Å². The Bertz CT molecular complexity index is 1070. The molecule has 0 aliphatic carbocycles. The number of amides is 1. The topological polar surface area (TPSA) is 122 Å². The van der Waals surface area contributed by atoms with Crippen LogP contribution in [0.4, 0.5) is 5.69 Å². The van der Waals surface area contributed by atoms with Crippen LogP contribution < -0.4 is 10.1 Å².